The molecule has 0 saturated carbocycles. The fourth-order valence-electron chi connectivity index (χ4n) is 9.42. The average molecular weight is 809 g/mol. The highest BCUT2D eigenvalue weighted by atomic mass is 32.2. The summed E-state index contributed by atoms with van der Waals surface area (Å²) in [6.45, 7) is 0. The average Bonchev–Trinajstić information content (AvgIpc) is 3.65. The van der Waals surface area contributed by atoms with Crippen LogP contribution in [0.4, 0.5) is 0 Å². The van der Waals surface area contributed by atoms with E-state index in [1.54, 1.807) is 0 Å². The molecular formula is C57H36N4S. The Morgan fingerprint density at radius 2 is 0.758 bits per heavy atom. The highest BCUT2D eigenvalue weighted by Crippen LogP contribution is 2.62. The summed E-state index contributed by atoms with van der Waals surface area (Å²) in [5.74, 6) is 1.88. The van der Waals surface area contributed by atoms with Gasteiger partial charge in [0.05, 0.1) is 16.8 Å². The number of aromatic nitrogens is 4. The third-order valence-corrected chi connectivity index (χ3v) is 13.4. The third-order valence-electron chi connectivity index (χ3n) is 12.2. The minimum Gasteiger partial charge on any atom is -0.247 e. The molecule has 3 heterocycles. The number of pyridine rings is 1. The van der Waals surface area contributed by atoms with E-state index in [1.807, 2.05) is 42.1 Å². The molecule has 4 nitrogen and oxygen atoms in total. The first kappa shape index (κ1) is 36.1. The van der Waals surface area contributed by atoms with Gasteiger partial charge in [-0.25, -0.2) is 19.9 Å². The van der Waals surface area contributed by atoms with Crippen LogP contribution < -0.4 is 0 Å². The smallest absolute Gasteiger partial charge is 0.164 e. The van der Waals surface area contributed by atoms with Crippen molar-refractivity contribution < 1.29 is 0 Å². The Hall–Kier alpha value is -7.73. The largest absolute Gasteiger partial charge is 0.247 e. The van der Waals surface area contributed by atoms with Crippen LogP contribution in [0.25, 0.3) is 78.9 Å². The first-order valence-electron chi connectivity index (χ1n) is 20.9. The quantitative estimate of drug-likeness (QED) is 0.167. The minimum atomic E-state index is -0.499. The van der Waals surface area contributed by atoms with E-state index >= 15 is 0 Å². The molecule has 12 rings (SSSR count). The zero-order valence-corrected chi connectivity index (χ0v) is 34.3. The molecule has 0 atom stereocenters. The van der Waals surface area contributed by atoms with Crippen molar-refractivity contribution in [2.75, 3.05) is 0 Å². The molecule has 62 heavy (non-hydrogen) atoms. The molecule has 2 aromatic heterocycles. The van der Waals surface area contributed by atoms with E-state index in [9.17, 15) is 0 Å². The molecular weight excluding hydrogens is 773 g/mol. The van der Waals surface area contributed by atoms with E-state index < -0.39 is 5.41 Å². The van der Waals surface area contributed by atoms with Gasteiger partial charge in [0, 0.05) is 43.2 Å². The molecule has 290 valence electrons. The van der Waals surface area contributed by atoms with Crippen LogP contribution in [0.15, 0.2) is 228 Å². The van der Waals surface area contributed by atoms with Crippen LogP contribution in [-0.4, -0.2) is 19.9 Å². The molecule has 0 fully saturated rings. The van der Waals surface area contributed by atoms with Crippen molar-refractivity contribution in [3.05, 3.63) is 241 Å². The van der Waals surface area contributed by atoms with Crippen molar-refractivity contribution in [3.63, 3.8) is 0 Å². The number of fused-ring (bicyclic) bond motifs is 9. The van der Waals surface area contributed by atoms with E-state index in [0.29, 0.717) is 17.5 Å². The Morgan fingerprint density at radius 3 is 1.40 bits per heavy atom. The van der Waals surface area contributed by atoms with Crippen LogP contribution in [0.2, 0.25) is 0 Å². The van der Waals surface area contributed by atoms with Gasteiger partial charge < -0.3 is 0 Å². The first-order valence-corrected chi connectivity index (χ1v) is 21.7. The van der Waals surface area contributed by atoms with Gasteiger partial charge in [-0.3, -0.25) is 0 Å². The molecule has 1 spiro atoms. The van der Waals surface area contributed by atoms with Crippen molar-refractivity contribution in [2.45, 2.75) is 15.2 Å². The second kappa shape index (κ2) is 14.8. The standard InChI is InChI=1S/C57H36N4S/c1-4-16-38(17-5-1)50-34-33-43(53(58-50)39-18-6-2-7-19-39)37-28-30-41(31-29-37)55-59-54(40-20-8-3-9-21-40)60-56(61-55)42-32-35-52-49(36-42)57(48-26-14-15-27-51(48)62-52)46-24-12-10-22-44(46)45-23-11-13-25-47(45)57/h1-36H. The second-order valence-electron chi connectivity index (χ2n) is 15.7. The lowest BCUT2D eigenvalue weighted by atomic mass is 9.67. The lowest BCUT2D eigenvalue weighted by Gasteiger charge is -2.39. The summed E-state index contributed by atoms with van der Waals surface area (Å²) in [5, 5.41) is 0. The number of nitrogens with zero attached hydrogens (tertiary/aromatic N) is 4. The molecule has 8 aromatic carbocycles. The van der Waals surface area contributed by atoms with Gasteiger partial charge in [-0.2, -0.15) is 0 Å². The van der Waals surface area contributed by atoms with Gasteiger partial charge in [0.1, 0.15) is 0 Å². The predicted molar refractivity (Wildman–Crippen MR) is 252 cm³/mol. The molecule has 2 aliphatic rings. The maximum atomic E-state index is 5.27. The molecule has 0 saturated heterocycles. The molecule has 0 bridgehead atoms. The zero-order valence-electron chi connectivity index (χ0n) is 33.5. The SMILES string of the molecule is c1ccc(-c2ccc(-c3ccc(-c4nc(-c5ccccc5)nc(-c5ccc6c(c5)C5(c7ccccc7S6)c6ccccc6-c6ccccc65)n4)cc3)c(-c3ccccc3)n2)cc1. The van der Waals surface area contributed by atoms with Crippen LogP contribution in [-0.2, 0) is 5.41 Å². The monoisotopic (exact) mass is 808 g/mol. The van der Waals surface area contributed by atoms with Crippen LogP contribution in [0.3, 0.4) is 0 Å². The van der Waals surface area contributed by atoms with E-state index in [4.69, 9.17) is 19.9 Å². The normalized spacial score (nSPS) is 12.9. The van der Waals surface area contributed by atoms with Gasteiger partial charge in [-0.05, 0) is 63.2 Å². The summed E-state index contributed by atoms with van der Waals surface area (Å²) < 4.78 is 0. The highest BCUT2D eigenvalue weighted by Gasteiger charge is 2.50. The van der Waals surface area contributed by atoms with Crippen molar-refractivity contribution in [2.24, 2.45) is 0 Å². The Morgan fingerprint density at radius 1 is 0.290 bits per heavy atom. The molecule has 0 N–H and O–H groups in total. The molecule has 1 aliphatic heterocycles. The molecule has 10 aromatic rings. The van der Waals surface area contributed by atoms with Crippen molar-refractivity contribution >= 4 is 11.8 Å². The van der Waals surface area contributed by atoms with Crippen LogP contribution >= 0.6 is 11.8 Å². The van der Waals surface area contributed by atoms with Gasteiger partial charge in [-0.15, -0.1) is 0 Å². The number of rotatable bonds is 6. The Bertz CT molecular complexity index is 3270. The summed E-state index contributed by atoms with van der Waals surface area (Å²) >= 11 is 1.84. The van der Waals surface area contributed by atoms with Gasteiger partial charge in [-0.1, -0.05) is 206 Å². The molecule has 0 radical (unpaired) electrons. The van der Waals surface area contributed by atoms with Crippen LogP contribution in [0.1, 0.15) is 22.3 Å². The van der Waals surface area contributed by atoms with E-state index in [-0.39, 0.29) is 0 Å². The summed E-state index contributed by atoms with van der Waals surface area (Å²) in [6, 6.07) is 77.3. The summed E-state index contributed by atoms with van der Waals surface area (Å²) in [4.78, 5) is 23.3. The molecule has 0 amide bonds. The molecule has 0 unspecified atom stereocenters. The zero-order chi connectivity index (χ0) is 41.0. The van der Waals surface area contributed by atoms with Crippen LogP contribution in [0.5, 0.6) is 0 Å². The van der Waals surface area contributed by atoms with Gasteiger partial charge in [0.2, 0.25) is 0 Å². The first-order chi connectivity index (χ1) is 30.7. The number of hydrogen-bond donors (Lipinski definition) is 0. The fraction of sp³-hybridized carbons (Fsp3) is 0.0175. The lowest BCUT2D eigenvalue weighted by Crippen LogP contribution is -2.32. The topological polar surface area (TPSA) is 51.6 Å². The minimum absolute atomic E-state index is 0.499. The van der Waals surface area contributed by atoms with E-state index in [1.165, 1.54) is 43.2 Å². The summed E-state index contributed by atoms with van der Waals surface area (Å²) in [7, 11) is 0. The van der Waals surface area contributed by atoms with E-state index in [0.717, 1.165) is 50.3 Å². The van der Waals surface area contributed by atoms with Crippen LogP contribution in [0, 0.1) is 0 Å². The highest BCUT2D eigenvalue weighted by molar-refractivity contribution is 7.99. The lowest BCUT2D eigenvalue weighted by molar-refractivity contribution is 0.722. The fourth-order valence-corrected chi connectivity index (χ4v) is 10.6. The molecule has 1 aliphatic carbocycles. The van der Waals surface area contributed by atoms with Crippen molar-refractivity contribution in [3.8, 4) is 78.9 Å². The van der Waals surface area contributed by atoms with Gasteiger partial charge in [0.15, 0.2) is 17.5 Å². The third kappa shape index (κ3) is 5.85. The Labute approximate surface area is 364 Å². The second-order valence-corrected chi connectivity index (χ2v) is 16.8. The Balaban J connectivity index is 1.00. The van der Waals surface area contributed by atoms with E-state index in [2.05, 4.69) is 188 Å². The van der Waals surface area contributed by atoms with Crippen molar-refractivity contribution in [1.82, 2.24) is 19.9 Å². The summed E-state index contributed by atoms with van der Waals surface area (Å²) in [6.07, 6.45) is 0. The Kier molecular flexibility index (Phi) is 8.61. The summed E-state index contributed by atoms with van der Waals surface area (Å²) in [5.41, 5.74) is 16.1. The number of benzene rings is 8. The number of hydrogen-bond acceptors (Lipinski definition) is 5. The van der Waals surface area contributed by atoms with Gasteiger partial charge in [0.25, 0.3) is 0 Å². The predicted octanol–water partition coefficient (Wildman–Crippen LogP) is 14.1. The maximum absolute atomic E-state index is 5.27. The molecule has 5 heteroatoms. The van der Waals surface area contributed by atoms with Crippen molar-refractivity contribution in [1.29, 1.82) is 0 Å². The van der Waals surface area contributed by atoms with Gasteiger partial charge >= 0.3 is 0 Å². The maximum Gasteiger partial charge on any atom is 0.164 e.